The molecule has 0 aliphatic carbocycles. The molecular formula is C28H25N3O. The number of amides is 1. The maximum absolute atomic E-state index is 12.5. The minimum atomic E-state index is -0.219. The van der Waals surface area contributed by atoms with Gasteiger partial charge in [0.15, 0.2) is 0 Å². The lowest BCUT2D eigenvalue weighted by molar-refractivity contribution is 0.0955. The molecule has 0 aromatic heterocycles. The number of nitrogens with zero attached hydrogens (tertiary/aromatic N) is 2. The van der Waals surface area contributed by atoms with Gasteiger partial charge in [-0.15, -0.1) is 0 Å². The van der Waals surface area contributed by atoms with Gasteiger partial charge in [0, 0.05) is 29.9 Å². The standard InChI is InChI=1S/C28H25N3O/c1-19-14-24-17-31(18-25(24)15-20(19)2)26-12-10-22(11-13-26)28(32)30-29-16-23-8-5-7-21-6-3-4-9-27(21)23/h3-16H,17-18H2,1-2H3,(H,30,32)/b29-16-. The number of nitrogens with one attached hydrogen (secondary N) is 1. The first-order chi connectivity index (χ1) is 15.6. The summed E-state index contributed by atoms with van der Waals surface area (Å²) in [7, 11) is 0. The van der Waals surface area contributed by atoms with E-state index in [1.54, 1.807) is 6.21 Å². The van der Waals surface area contributed by atoms with Crippen LogP contribution >= 0.6 is 0 Å². The van der Waals surface area contributed by atoms with Gasteiger partial charge in [-0.25, -0.2) is 5.43 Å². The van der Waals surface area contributed by atoms with Crippen molar-refractivity contribution in [3.63, 3.8) is 0 Å². The highest BCUT2D eigenvalue weighted by Crippen LogP contribution is 2.30. The quantitative estimate of drug-likeness (QED) is 0.339. The van der Waals surface area contributed by atoms with Crippen molar-refractivity contribution < 1.29 is 4.79 Å². The van der Waals surface area contributed by atoms with E-state index in [4.69, 9.17) is 0 Å². The molecule has 0 saturated carbocycles. The molecule has 0 fully saturated rings. The van der Waals surface area contributed by atoms with Crippen LogP contribution in [0.4, 0.5) is 5.69 Å². The van der Waals surface area contributed by atoms with E-state index in [-0.39, 0.29) is 5.91 Å². The summed E-state index contributed by atoms with van der Waals surface area (Å²) >= 11 is 0. The largest absolute Gasteiger partial charge is 0.363 e. The molecule has 0 unspecified atom stereocenters. The summed E-state index contributed by atoms with van der Waals surface area (Å²) in [6, 6.07) is 26.5. The molecule has 0 saturated heterocycles. The van der Waals surface area contributed by atoms with Gasteiger partial charge < -0.3 is 4.90 Å². The van der Waals surface area contributed by atoms with Crippen LogP contribution < -0.4 is 10.3 Å². The van der Waals surface area contributed by atoms with E-state index in [0.29, 0.717) is 5.56 Å². The molecule has 4 aromatic rings. The van der Waals surface area contributed by atoms with Gasteiger partial charge in [0.05, 0.1) is 6.21 Å². The average molecular weight is 420 g/mol. The van der Waals surface area contributed by atoms with Crippen LogP contribution in [0, 0.1) is 13.8 Å². The predicted octanol–water partition coefficient (Wildman–Crippen LogP) is 5.74. The van der Waals surface area contributed by atoms with Crippen LogP contribution in [0.1, 0.15) is 38.2 Å². The van der Waals surface area contributed by atoms with Gasteiger partial charge in [0.2, 0.25) is 0 Å². The van der Waals surface area contributed by atoms with Crippen molar-refractivity contribution in [2.45, 2.75) is 26.9 Å². The monoisotopic (exact) mass is 419 g/mol. The van der Waals surface area contributed by atoms with Crippen molar-refractivity contribution in [1.82, 2.24) is 5.43 Å². The first-order valence-corrected chi connectivity index (χ1v) is 10.8. The summed E-state index contributed by atoms with van der Waals surface area (Å²) in [6.45, 7) is 6.12. The van der Waals surface area contributed by atoms with E-state index in [0.717, 1.165) is 35.1 Å². The lowest BCUT2D eigenvalue weighted by Gasteiger charge is -2.17. The minimum absolute atomic E-state index is 0.219. The van der Waals surface area contributed by atoms with Gasteiger partial charge in [0.25, 0.3) is 5.91 Å². The van der Waals surface area contributed by atoms with Crippen LogP contribution in [0.2, 0.25) is 0 Å². The molecule has 0 bridgehead atoms. The molecule has 1 amide bonds. The highest BCUT2D eigenvalue weighted by Gasteiger charge is 2.20. The highest BCUT2D eigenvalue weighted by atomic mass is 16.2. The van der Waals surface area contributed by atoms with Gasteiger partial charge in [-0.05, 0) is 71.1 Å². The number of benzene rings is 4. The lowest BCUT2D eigenvalue weighted by atomic mass is 10.0. The molecule has 1 heterocycles. The van der Waals surface area contributed by atoms with Crippen molar-refractivity contribution in [3.05, 3.63) is 112 Å². The number of hydrogen-bond acceptors (Lipinski definition) is 3. The van der Waals surface area contributed by atoms with Crippen molar-refractivity contribution >= 4 is 28.6 Å². The number of hydrogen-bond donors (Lipinski definition) is 1. The van der Waals surface area contributed by atoms with Crippen molar-refractivity contribution in [2.24, 2.45) is 5.10 Å². The van der Waals surface area contributed by atoms with E-state index in [1.165, 1.54) is 22.3 Å². The molecule has 32 heavy (non-hydrogen) atoms. The maximum atomic E-state index is 12.5. The molecule has 1 aliphatic rings. The third-order valence-corrected chi connectivity index (χ3v) is 6.23. The number of hydrazone groups is 1. The topological polar surface area (TPSA) is 44.7 Å². The normalized spacial score (nSPS) is 13.0. The molecular weight excluding hydrogens is 394 g/mol. The Morgan fingerprint density at radius 1 is 0.875 bits per heavy atom. The Morgan fingerprint density at radius 3 is 2.25 bits per heavy atom. The Balaban J connectivity index is 1.25. The van der Waals surface area contributed by atoms with Crippen LogP contribution in [0.5, 0.6) is 0 Å². The van der Waals surface area contributed by atoms with E-state index in [1.807, 2.05) is 48.5 Å². The molecule has 1 aliphatic heterocycles. The van der Waals surface area contributed by atoms with Crippen LogP contribution in [-0.2, 0) is 13.1 Å². The second-order valence-electron chi connectivity index (χ2n) is 8.38. The molecule has 0 atom stereocenters. The van der Waals surface area contributed by atoms with E-state index < -0.39 is 0 Å². The summed E-state index contributed by atoms with van der Waals surface area (Å²) in [6.07, 6.45) is 1.69. The zero-order valence-corrected chi connectivity index (χ0v) is 18.3. The number of rotatable bonds is 4. The van der Waals surface area contributed by atoms with Crippen LogP contribution in [-0.4, -0.2) is 12.1 Å². The summed E-state index contributed by atoms with van der Waals surface area (Å²) in [4.78, 5) is 14.9. The first-order valence-electron chi connectivity index (χ1n) is 10.8. The van der Waals surface area contributed by atoms with E-state index >= 15 is 0 Å². The molecule has 158 valence electrons. The SMILES string of the molecule is Cc1cc2c(cc1C)CN(c1ccc(C(=O)N/N=C\c3cccc4ccccc34)cc1)C2. The van der Waals surface area contributed by atoms with Crippen molar-refractivity contribution in [2.75, 3.05) is 4.90 Å². The molecule has 0 radical (unpaired) electrons. The third-order valence-electron chi connectivity index (χ3n) is 6.23. The van der Waals surface area contributed by atoms with Gasteiger partial charge in [-0.1, -0.05) is 54.6 Å². The Hall–Kier alpha value is -3.92. The van der Waals surface area contributed by atoms with E-state index in [9.17, 15) is 4.79 Å². The van der Waals surface area contributed by atoms with Gasteiger partial charge >= 0.3 is 0 Å². The second kappa shape index (κ2) is 8.31. The summed E-state index contributed by atoms with van der Waals surface area (Å²) in [5, 5.41) is 6.43. The van der Waals surface area contributed by atoms with Gasteiger partial charge in [-0.2, -0.15) is 5.10 Å². The summed E-state index contributed by atoms with van der Waals surface area (Å²) in [5.74, 6) is -0.219. The summed E-state index contributed by atoms with van der Waals surface area (Å²) in [5.41, 5.74) is 10.8. The molecule has 4 aromatic carbocycles. The summed E-state index contributed by atoms with van der Waals surface area (Å²) < 4.78 is 0. The third kappa shape index (κ3) is 3.87. The molecule has 5 rings (SSSR count). The molecule has 4 heteroatoms. The Morgan fingerprint density at radius 2 is 1.53 bits per heavy atom. The Kier molecular flexibility index (Phi) is 5.20. The maximum Gasteiger partial charge on any atom is 0.271 e. The van der Waals surface area contributed by atoms with Gasteiger partial charge in [-0.3, -0.25) is 4.79 Å². The zero-order valence-electron chi connectivity index (χ0n) is 18.3. The van der Waals surface area contributed by atoms with Gasteiger partial charge in [0.1, 0.15) is 0 Å². The first kappa shape index (κ1) is 20.0. The number of fused-ring (bicyclic) bond motifs is 2. The predicted molar refractivity (Wildman–Crippen MR) is 131 cm³/mol. The lowest BCUT2D eigenvalue weighted by Crippen LogP contribution is -2.18. The number of anilines is 1. The Labute approximate surface area is 188 Å². The molecule has 1 N–H and O–H groups in total. The van der Waals surface area contributed by atoms with Crippen LogP contribution in [0.3, 0.4) is 0 Å². The number of aryl methyl sites for hydroxylation is 2. The molecule has 4 nitrogen and oxygen atoms in total. The van der Waals surface area contributed by atoms with Crippen LogP contribution in [0.25, 0.3) is 10.8 Å². The fourth-order valence-electron chi connectivity index (χ4n) is 4.29. The highest BCUT2D eigenvalue weighted by molar-refractivity contribution is 6.00. The minimum Gasteiger partial charge on any atom is -0.363 e. The van der Waals surface area contributed by atoms with E-state index in [2.05, 4.69) is 59.6 Å². The van der Waals surface area contributed by atoms with Crippen molar-refractivity contribution in [3.8, 4) is 0 Å². The zero-order chi connectivity index (χ0) is 22.1. The Bertz CT molecular complexity index is 1300. The molecule has 0 spiro atoms. The number of carbonyl (C=O) groups excluding carboxylic acids is 1. The van der Waals surface area contributed by atoms with Crippen LogP contribution in [0.15, 0.2) is 84.0 Å². The smallest absolute Gasteiger partial charge is 0.271 e. The number of carbonyl (C=O) groups is 1. The second-order valence-corrected chi connectivity index (χ2v) is 8.38. The fraction of sp³-hybridized carbons (Fsp3) is 0.143. The van der Waals surface area contributed by atoms with Crippen molar-refractivity contribution in [1.29, 1.82) is 0 Å². The fourth-order valence-corrected chi connectivity index (χ4v) is 4.29. The average Bonchev–Trinajstić information content (AvgIpc) is 3.22.